The summed E-state index contributed by atoms with van der Waals surface area (Å²) in [5.74, 6) is 0. The van der Waals surface area contributed by atoms with Crippen LogP contribution in [0.3, 0.4) is 0 Å². The number of hydrogen-bond donors (Lipinski definition) is 0. The Kier molecular flexibility index (Phi) is 5.18. The maximum Gasteiger partial charge on any atom is 0.0117 e. The molecule has 0 amide bonds. The lowest BCUT2D eigenvalue weighted by molar-refractivity contribution is 0.556. The lowest BCUT2D eigenvalue weighted by atomic mass is 9.73. The van der Waals surface area contributed by atoms with Crippen LogP contribution in [0.15, 0.2) is 58.2 Å². The summed E-state index contributed by atoms with van der Waals surface area (Å²) in [6.45, 7) is 25.6. The summed E-state index contributed by atoms with van der Waals surface area (Å²) < 4.78 is 0. The first-order chi connectivity index (χ1) is 13.2. The van der Waals surface area contributed by atoms with Crippen molar-refractivity contribution in [2.24, 2.45) is 5.41 Å². The fourth-order valence-electron chi connectivity index (χ4n) is 5.03. The van der Waals surface area contributed by atoms with E-state index in [1.165, 1.54) is 50.1 Å². The lowest BCUT2D eigenvalue weighted by Gasteiger charge is -2.31. The van der Waals surface area contributed by atoms with Crippen molar-refractivity contribution in [1.82, 2.24) is 0 Å². The van der Waals surface area contributed by atoms with Crippen LogP contribution in [0.4, 0.5) is 0 Å². The highest BCUT2D eigenvalue weighted by atomic mass is 14.4. The lowest BCUT2D eigenvalue weighted by Crippen LogP contribution is -2.19. The van der Waals surface area contributed by atoms with Crippen LogP contribution in [-0.4, -0.2) is 0 Å². The molecule has 0 heteroatoms. The molecule has 3 rings (SSSR count). The fourth-order valence-corrected chi connectivity index (χ4v) is 5.03. The molecule has 1 aromatic carbocycles. The predicted octanol–water partition coefficient (Wildman–Crippen LogP) is 8.69. The Balaban J connectivity index is 2.21. The predicted molar refractivity (Wildman–Crippen MR) is 129 cm³/mol. The van der Waals surface area contributed by atoms with Crippen molar-refractivity contribution in [3.8, 4) is 0 Å². The van der Waals surface area contributed by atoms with Gasteiger partial charge >= 0.3 is 0 Å². The first-order valence-corrected chi connectivity index (χ1v) is 11.1. The Morgan fingerprint density at radius 3 is 1.83 bits per heavy atom. The van der Waals surface area contributed by atoms with Gasteiger partial charge in [0.1, 0.15) is 0 Å². The highest BCUT2D eigenvalue weighted by molar-refractivity contribution is 5.90. The smallest absolute Gasteiger partial charge is 0.0117 e. The summed E-state index contributed by atoms with van der Waals surface area (Å²) >= 11 is 0. The molecule has 0 aromatic heterocycles. The van der Waals surface area contributed by atoms with Crippen molar-refractivity contribution in [2.45, 2.75) is 93.4 Å². The number of benzene rings is 1. The van der Waals surface area contributed by atoms with Gasteiger partial charge < -0.3 is 0 Å². The van der Waals surface area contributed by atoms with E-state index >= 15 is 0 Å². The van der Waals surface area contributed by atoms with E-state index < -0.39 is 0 Å². The minimum absolute atomic E-state index is 0.0902. The van der Waals surface area contributed by atoms with E-state index in [4.69, 9.17) is 0 Å². The van der Waals surface area contributed by atoms with Gasteiger partial charge in [-0.05, 0) is 82.6 Å². The highest BCUT2D eigenvalue weighted by Gasteiger charge is 2.38. The van der Waals surface area contributed by atoms with Gasteiger partial charge in [-0.1, -0.05) is 91.3 Å². The third-order valence-electron chi connectivity index (χ3n) is 7.25. The summed E-state index contributed by atoms with van der Waals surface area (Å²) in [6, 6.07) is 7.18. The van der Waals surface area contributed by atoms with Gasteiger partial charge in [0, 0.05) is 5.41 Å². The van der Waals surface area contributed by atoms with Crippen LogP contribution >= 0.6 is 0 Å². The topological polar surface area (TPSA) is 0 Å². The molecule has 0 unspecified atom stereocenters. The quantitative estimate of drug-likeness (QED) is 0.475. The van der Waals surface area contributed by atoms with Gasteiger partial charge in [0.15, 0.2) is 0 Å². The largest absolute Gasteiger partial charge is 0.0725 e. The van der Waals surface area contributed by atoms with Crippen molar-refractivity contribution in [3.63, 3.8) is 0 Å². The highest BCUT2D eigenvalue weighted by Crippen LogP contribution is 2.53. The zero-order valence-corrected chi connectivity index (χ0v) is 20.6. The summed E-state index contributed by atoms with van der Waals surface area (Å²) in [5, 5.41) is 0. The molecule has 0 N–H and O–H groups in total. The molecule has 29 heavy (non-hydrogen) atoms. The van der Waals surface area contributed by atoms with Crippen molar-refractivity contribution < 1.29 is 0 Å². The van der Waals surface area contributed by atoms with Crippen LogP contribution in [0.5, 0.6) is 0 Å². The summed E-state index contributed by atoms with van der Waals surface area (Å²) in [4.78, 5) is 0. The molecule has 0 saturated carbocycles. The molecule has 0 saturated heterocycles. The van der Waals surface area contributed by atoms with E-state index in [1.807, 2.05) is 0 Å². The second kappa shape index (κ2) is 6.86. The maximum absolute atomic E-state index is 2.47. The monoisotopic (exact) mass is 388 g/mol. The van der Waals surface area contributed by atoms with E-state index in [0.29, 0.717) is 0 Å². The van der Waals surface area contributed by atoms with Crippen LogP contribution in [0, 0.1) is 5.41 Å². The van der Waals surface area contributed by atoms with Crippen LogP contribution in [0.2, 0.25) is 0 Å². The zero-order chi connectivity index (χ0) is 21.9. The summed E-state index contributed by atoms with van der Waals surface area (Å²) in [7, 11) is 0. The molecular formula is C29H40. The normalized spacial score (nSPS) is 19.8. The maximum atomic E-state index is 2.47. The Labute approximate surface area is 179 Å². The Hall–Kier alpha value is -1.82. The molecule has 0 radical (unpaired) electrons. The van der Waals surface area contributed by atoms with Crippen LogP contribution in [-0.2, 0) is 10.8 Å². The number of allylic oxidation sites excluding steroid dienone is 8. The SMILES string of the molecule is CC1=C(C)C(C)(C)C(C2=CCC=C2c2cc(C(C)(C)C)ccc2C(C)(C)C)=C1C. The van der Waals surface area contributed by atoms with Gasteiger partial charge in [-0.25, -0.2) is 0 Å². The van der Waals surface area contributed by atoms with Crippen LogP contribution in [0.25, 0.3) is 5.57 Å². The minimum Gasteiger partial charge on any atom is -0.0725 e. The van der Waals surface area contributed by atoms with E-state index in [1.54, 1.807) is 0 Å². The molecule has 0 fully saturated rings. The van der Waals surface area contributed by atoms with Gasteiger partial charge in [-0.3, -0.25) is 0 Å². The zero-order valence-electron chi connectivity index (χ0n) is 20.6. The summed E-state index contributed by atoms with van der Waals surface area (Å²) in [6.07, 6.45) is 5.93. The molecule has 2 aliphatic carbocycles. The third-order valence-corrected chi connectivity index (χ3v) is 7.25. The molecule has 0 bridgehead atoms. The van der Waals surface area contributed by atoms with Gasteiger partial charge in [0.05, 0.1) is 0 Å². The van der Waals surface area contributed by atoms with Crippen LogP contribution in [0.1, 0.15) is 99.3 Å². The number of rotatable bonds is 2. The molecule has 0 spiro atoms. The van der Waals surface area contributed by atoms with Crippen molar-refractivity contribution in [2.75, 3.05) is 0 Å². The molecule has 156 valence electrons. The third kappa shape index (κ3) is 3.60. The molecule has 0 atom stereocenters. The van der Waals surface area contributed by atoms with Gasteiger partial charge in [0.2, 0.25) is 0 Å². The molecule has 0 nitrogen and oxygen atoms in total. The average Bonchev–Trinajstić information content (AvgIpc) is 3.11. The van der Waals surface area contributed by atoms with Crippen LogP contribution < -0.4 is 0 Å². The molecule has 2 aliphatic rings. The minimum atomic E-state index is 0.0902. The van der Waals surface area contributed by atoms with E-state index in [9.17, 15) is 0 Å². The molecule has 0 aliphatic heterocycles. The second-order valence-electron chi connectivity index (χ2n) is 11.6. The summed E-state index contributed by atoms with van der Waals surface area (Å²) in [5.41, 5.74) is 13.5. The van der Waals surface area contributed by atoms with Crippen molar-refractivity contribution >= 4 is 5.57 Å². The Morgan fingerprint density at radius 1 is 0.759 bits per heavy atom. The molecular weight excluding hydrogens is 348 g/mol. The molecule has 1 aromatic rings. The van der Waals surface area contributed by atoms with Gasteiger partial charge in [0.25, 0.3) is 0 Å². The second-order valence-corrected chi connectivity index (χ2v) is 11.6. The average molecular weight is 389 g/mol. The van der Waals surface area contributed by atoms with Gasteiger partial charge in [-0.15, -0.1) is 0 Å². The Bertz CT molecular complexity index is 970. The number of hydrogen-bond acceptors (Lipinski definition) is 0. The van der Waals surface area contributed by atoms with Crippen molar-refractivity contribution in [1.29, 1.82) is 0 Å². The molecule has 0 heterocycles. The van der Waals surface area contributed by atoms with Gasteiger partial charge in [-0.2, -0.15) is 0 Å². The first kappa shape index (κ1) is 21.9. The Morgan fingerprint density at radius 2 is 1.34 bits per heavy atom. The fraction of sp³-hybridized carbons (Fsp3) is 0.517. The van der Waals surface area contributed by atoms with Crippen molar-refractivity contribution in [3.05, 3.63) is 74.9 Å². The standard InChI is InChI=1S/C29H40/c1-18-19(2)26(29(10,11)20(18)3)23-14-12-13-22(23)24-17-21(27(4,5)6)15-16-25(24)28(7,8)9/h13-17H,12H2,1-11H3. The van der Waals surface area contributed by atoms with E-state index in [2.05, 4.69) is 107 Å². The first-order valence-electron chi connectivity index (χ1n) is 11.1. The van der Waals surface area contributed by atoms with E-state index in [-0.39, 0.29) is 16.2 Å². The van der Waals surface area contributed by atoms with E-state index in [0.717, 1.165) is 6.42 Å².